The first-order valence-electron chi connectivity index (χ1n) is 7.03. The molecule has 3 nitrogen and oxygen atoms in total. The summed E-state index contributed by atoms with van der Waals surface area (Å²) in [4.78, 5) is 0. The minimum atomic E-state index is 0.00258. The van der Waals surface area contributed by atoms with Gasteiger partial charge in [0.1, 0.15) is 11.5 Å². The molecule has 1 heterocycles. The molecule has 0 radical (unpaired) electrons. The molecule has 0 saturated carbocycles. The molecule has 0 fully saturated rings. The molecule has 1 N–H and O–H groups in total. The van der Waals surface area contributed by atoms with Gasteiger partial charge in [-0.2, -0.15) is 0 Å². The first-order valence-corrected chi connectivity index (χ1v) is 7.82. The molecule has 4 heteroatoms. The van der Waals surface area contributed by atoms with E-state index in [1.54, 1.807) is 0 Å². The average molecular weight is 349 g/mol. The number of aliphatic hydroxyl groups excluding tert-OH is 1. The molecule has 0 atom stereocenters. The van der Waals surface area contributed by atoms with Crippen molar-refractivity contribution in [1.82, 2.24) is 0 Å². The Balaban J connectivity index is 1.58. The van der Waals surface area contributed by atoms with Crippen LogP contribution in [0.5, 0.6) is 11.5 Å². The van der Waals surface area contributed by atoms with E-state index >= 15 is 0 Å². The van der Waals surface area contributed by atoms with E-state index in [0.717, 1.165) is 41.0 Å². The Morgan fingerprint density at radius 2 is 2.10 bits per heavy atom. The lowest BCUT2D eigenvalue weighted by Gasteiger charge is -2.09. The van der Waals surface area contributed by atoms with Gasteiger partial charge < -0.3 is 14.6 Å². The van der Waals surface area contributed by atoms with Crippen molar-refractivity contribution in [3.8, 4) is 11.5 Å². The Kier molecular flexibility index (Phi) is 4.46. The molecule has 0 aromatic heterocycles. The summed E-state index contributed by atoms with van der Waals surface area (Å²) in [5, 5.41) is 9.24. The van der Waals surface area contributed by atoms with E-state index in [0.29, 0.717) is 6.61 Å². The molecule has 2 aromatic carbocycles. The number of ether oxygens (including phenoxy) is 2. The Labute approximate surface area is 132 Å². The zero-order chi connectivity index (χ0) is 14.7. The minimum Gasteiger partial charge on any atom is -0.493 e. The topological polar surface area (TPSA) is 38.7 Å². The van der Waals surface area contributed by atoms with Gasteiger partial charge in [-0.1, -0.05) is 28.1 Å². The zero-order valence-corrected chi connectivity index (χ0v) is 13.2. The fourth-order valence-corrected chi connectivity index (χ4v) is 2.82. The summed E-state index contributed by atoms with van der Waals surface area (Å²) >= 11 is 3.40. The number of rotatable bonds is 5. The molecule has 1 aliphatic heterocycles. The lowest BCUT2D eigenvalue weighted by atomic mass is 10.1. The number of hydrogen-bond donors (Lipinski definition) is 1. The summed E-state index contributed by atoms with van der Waals surface area (Å²) in [5.41, 5.74) is 3.39. The van der Waals surface area contributed by atoms with Gasteiger partial charge in [0.25, 0.3) is 0 Å². The predicted molar refractivity (Wildman–Crippen MR) is 84.9 cm³/mol. The maximum absolute atomic E-state index is 9.24. The third-order valence-corrected chi connectivity index (χ3v) is 4.37. The molecule has 0 bridgehead atoms. The van der Waals surface area contributed by atoms with E-state index < -0.39 is 0 Å². The molecule has 21 heavy (non-hydrogen) atoms. The number of fused-ring (bicyclic) bond motifs is 1. The van der Waals surface area contributed by atoms with Gasteiger partial charge in [0, 0.05) is 17.3 Å². The summed E-state index contributed by atoms with van der Waals surface area (Å²) in [7, 11) is 0. The minimum absolute atomic E-state index is 0.00258. The lowest BCUT2D eigenvalue weighted by molar-refractivity contribution is 0.278. The van der Waals surface area contributed by atoms with Gasteiger partial charge in [-0.25, -0.2) is 0 Å². The van der Waals surface area contributed by atoms with E-state index in [4.69, 9.17) is 9.47 Å². The van der Waals surface area contributed by atoms with Crippen molar-refractivity contribution in [2.45, 2.75) is 19.4 Å². The van der Waals surface area contributed by atoms with E-state index in [2.05, 4.69) is 28.1 Å². The van der Waals surface area contributed by atoms with Crippen molar-refractivity contribution < 1.29 is 14.6 Å². The highest BCUT2D eigenvalue weighted by molar-refractivity contribution is 9.10. The predicted octanol–water partition coefficient (Wildman–Crippen LogP) is 3.50. The fourth-order valence-electron chi connectivity index (χ4n) is 2.44. The first kappa shape index (κ1) is 14.4. The SMILES string of the molecule is OCc1cc(OCCc2ccc3c(c2)CCO3)ccc1Br. The van der Waals surface area contributed by atoms with E-state index in [1.807, 2.05) is 24.3 Å². The number of halogens is 1. The number of hydrogen-bond acceptors (Lipinski definition) is 3. The Bertz CT molecular complexity index is 629. The molecule has 0 unspecified atom stereocenters. The van der Waals surface area contributed by atoms with Crippen LogP contribution in [0.25, 0.3) is 0 Å². The summed E-state index contributed by atoms with van der Waals surface area (Å²) in [6.07, 6.45) is 1.86. The third kappa shape index (κ3) is 3.39. The number of benzene rings is 2. The van der Waals surface area contributed by atoms with Crippen molar-refractivity contribution in [1.29, 1.82) is 0 Å². The van der Waals surface area contributed by atoms with Crippen LogP contribution in [0.1, 0.15) is 16.7 Å². The van der Waals surface area contributed by atoms with E-state index in [1.165, 1.54) is 11.1 Å². The normalized spacial score (nSPS) is 12.9. The van der Waals surface area contributed by atoms with Gasteiger partial charge in [-0.15, -0.1) is 0 Å². The molecular weight excluding hydrogens is 332 g/mol. The van der Waals surface area contributed by atoms with Crippen LogP contribution in [0.2, 0.25) is 0 Å². The fraction of sp³-hybridized carbons (Fsp3) is 0.294. The van der Waals surface area contributed by atoms with Crippen LogP contribution in [0.3, 0.4) is 0 Å². The molecule has 3 rings (SSSR count). The van der Waals surface area contributed by atoms with Crippen LogP contribution in [-0.2, 0) is 19.4 Å². The van der Waals surface area contributed by atoms with Crippen LogP contribution in [0.4, 0.5) is 0 Å². The second-order valence-corrected chi connectivity index (χ2v) is 5.90. The molecule has 1 aliphatic rings. The van der Waals surface area contributed by atoms with Crippen LogP contribution in [-0.4, -0.2) is 18.3 Å². The highest BCUT2D eigenvalue weighted by Crippen LogP contribution is 2.26. The summed E-state index contributed by atoms with van der Waals surface area (Å²) in [6.45, 7) is 1.41. The van der Waals surface area contributed by atoms with E-state index in [9.17, 15) is 5.11 Å². The van der Waals surface area contributed by atoms with Crippen LogP contribution < -0.4 is 9.47 Å². The van der Waals surface area contributed by atoms with Crippen LogP contribution >= 0.6 is 15.9 Å². The smallest absolute Gasteiger partial charge is 0.122 e. The first-order chi connectivity index (χ1) is 10.3. The summed E-state index contributed by atoms with van der Waals surface area (Å²) in [5.74, 6) is 1.80. The van der Waals surface area contributed by atoms with Gasteiger partial charge in [-0.3, -0.25) is 0 Å². The maximum Gasteiger partial charge on any atom is 0.122 e. The Hall–Kier alpha value is -1.52. The van der Waals surface area contributed by atoms with Crippen molar-refractivity contribution in [2.24, 2.45) is 0 Å². The van der Waals surface area contributed by atoms with Crippen molar-refractivity contribution >= 4 is 15.9 Å². The molecular formula is C17H17BrO3. The third-order valence-electron chi connectivity index (χ3n) is 3.60. The van der Waals surface area contributed by atoms with Gasteiger partial charge in [0.15, 0.2) is 0 Å². The standard InChI is InChI=1S/C17H17BrO3/c18-16-3-2-15(10-14(16)11-19)20-7-5-12-1-4-17-13(9-12)6-8-21-17/h1-4,9-10,19H,5-8,11H2. The van der Waals surface area contributed by atoms with E-state index in [-0.39, 0.29) is 6.61 Å². The molecule has 110 valence electrons. The maximum atomic E-state index is 9.24. The molecule has 0 aliphatic carbocycles. The highest BCUT2D eigenvalue weighted by Gasteiger charge is 2.11. The van der Waals surface area contributed by atoms with Gasteiger partial charge in [0.05, 0.1) is 19.8 Å². The Morgan fingerprint density at radius 3 is 2.95 bits per heavy atom. The van der Waals surface area contributed by atoms with Crippen molar-refractivity contribution in [3.63, 3.8) is 0 Å². The van der Waals surface area contributed by atoms with Crippen LogP contribution in [0, 0.1) is 0 Å². The second kappa shape index (κ2) is 6.50. The molecule has 0 spiro atoms. The monoisotopic (exact) mass is 348 g/mol. The quantitative estimate of drug-likeness (QED) is 0.898. The largest absolute Gasteiger partial charge is 0.493 e. The molecule has 0 saturated heterocycles. The lowest BCUT2D eigenvalue weighted by Crippen LogP contribution is -2.02. The van der Waals surface area contributed by atoms with Gasteiger partial charge in [-0.05, 0) is 41.0 Å². The number of aliphatic hydroxyl groups is 1. The summed E-state index contributed by atoms with van der Waals surface area (Å²) in [6, 6.07) is 12.0. The summed E-state index contributed by atoms with van der Waals surface area (Å²) < 4.78 is 12.2. The van der Waals surface area contributed by atoms with Crippen molar-refractivity contribution in [2.75, 3.05) is 13.2 Å². The molecule has 0 amide bonds. The Morgan fingerprint density at radius 1 is 1.19 bits per heavy atom. The highest BCUT2D eigenvalue weighted by atomic mass is 79.9. The van der Waals surface area contributed by atoms with Gasteiger partial charge >= 0.3 is 0 Å². The zero-order valence-electron chi connectivity index (χ0n) is 11.6. The average Bonchev–Trinajstić information content (AvgIpc) is 2.96. The van der Waals surface area contributed by atoms with Crippen molar-refractivity contribution in [3.05, 3.63) is 57.6 Å². The van der Waals surface area contributed by atoms with Crippen LogP contribution in [0.15, 0.2) is 40.9 Å². The van der Waals surface area contributed by atoms with Gasteiger partial charge in [0.2, 0.25) is 0 Å². The second-order valence-electron chi connectivity index (χ2n) is 5.05. The molecule has 2 aromatic rings.